The van der Waals surface area contributed by atoms with Gasteiger partial charge in [0.25, 0.3) is 5.91 Å². The second kappa shape index (κ2) is 10.0. The van der Waals surface area contributed by atoms with Crippen molar-refractivity contribution in [2.75, 3.05) is 44.8 Å². The van der Waals surface area contributed by atoms with Gasteiger partial charge in [-0.15, -0.1) is 0 Å². The third kappa shape index (κ3) is 4.87. The third-order valence-electron chi connectivity index (χ3n) is 4.89. The molecule has 0 atom stereocenters. The van der Waals surface area contributed by atoms with E-state index in [0.717, 1.165) is 18.8 Å². The highest BCUT2D eigenvalue weighted by Gasteiger charge is 2.24. The molecule has 1 fully saturated rings. The molecule has 0 aliphatic carbocycles. The number of carbonyl (C=O) groups excluding carboxylic acids is 1. The van der Waals surface area contributed by atoms with E-state index in [4.69, 9.17) is 21.1 Å². The van der Waals surface area contributed by atoms with E-state index in [9.17, 15) is 10.1 Å². The highest BCUT2D eigenvalue weighted by atomic mass is 35.5. The number of carbonyl (C=O) groups is 1. The van der Waals surface area contributed by atoms with Crippen molar-refractivity contribution < 1.29 is 14.3 Å². The van der Waals surface area contributed by atoms with Crippen LogP contribution in [0.4, 0.5) is 5.69 Å². The molecule has 1 heterocycles. The molecule has 3 rings (SSSR count). The Morgan fingerprint density at radius 1 is 1.20 bits per heavy atom. The summed E-state index contributed by atoms with van der Waals surface area (Å²) in [5, 5.41) is 9.95. The van der Waals surface area contributed by atoms with E-state index < -0.39 is 0 Å². The lowest BCUT2D eigenvalue weighted by molar-refractivity contribution is -0.126. The first-order valence-electron chi connectivity index (χ1n) is 9.78. The first-order valence-corrected chi connectivity index (χ1v) is 10.2. The fourth-order valence-corrected chi connectivity index (χ4v) is 3.71. The molecule has 156 valence electrons. The summed E-state index contributed by atoms with van der Waals surface area (Å²) in [6, 6.07) is 15.5. The van der Waals surface area contributed by atoms with Gasteiger partial charge in [0.2, 0.25) is 0 Å². The van der Waals surface area contributed by atoms with Gasteiger partial charge >= 0.3 is 0 Å². The molecular formula is C23H24ClN3O3. The number of rotatable bonds is 6. The van der Waals surface area contributed by atoms with Gasteiger partial charge in [-0.05, 0) is 42.8 Å². The highest BCUT2D eigenvalue weighted by Crippen LogP contribution is 2.37. The Kier molecular flexibility index (Phi) is 7.21. The summed E-state index contributed by atoms with van der Waals surface area (Å²) in [6.07, 6.45) is 1.54. The van der Waals surface area contributed by atoms with E-state index in [2.05, 4.69) is 17.0 Å². The van der Waals surface area contributed by atoms with Crippen molar-refractivity contribution in [2.45, 2.75) is 6.92 Å². The Morgan fingerprint density at radius 3 is 2.50 bits per heavy atom. The van der Waals surface area contributed by atoms with Crippen LogP contribution in [-0.2, 0) is 4.79 Å². The van der Waals surface area contributed by atoms with Gasteiger partial charge in [-0.3, -0.25) is 4.79 Å². The zero-order chi connectivity index (χ0) is 21.5. The Balaban J connectivity index is 1.75. The molecule has 1 saturated heterocycles. The van der Waals surface area contributed by atoms with Crippen LogP contribution in [0.1, 0.15) is 12.5 Å². The Labute approximate surface area is 181 Å². The monoisotopic (exact) mass is 425 g/mol. The van der Waals surface area contributed by atoms with Crippen LogP contribution in [0, 0.1) is 11.3 Å². The van der Waals surface area contributed by atoms with Crippen LogP contribution in [0.5, 0.6) is 11.5 Å². The molecule has 2 aromatic carbocycles. The zero-order valence-corrected chi connectivity index (χ0v) is 17.9. The second-order valence-corrected chi connectivity index (χ2v) is 7.16. The Morgan fingerprint density at radius 2 is 1.90 bits per heavy atom. The molecule has 0 aromatic heterocycles. The average Bonchev–Trinajstić information content (AvgIpc) is 2.78. The van der Waals surface area contributed by atoms with Crippen molar-refractivity contribution >= 4 is 29.3 Å². The van der Waals surface area contributed by atoms with Crippen LogP contribution in [0.2, 0.25) is 5.02 Å². The Hall–Kier alpha value is -3.17. The molecule has 30 heavy (non-hydrogen) atoms. The molecule has 1 aliphatic rings. The van der Waals surface area contributed by atoms with Crippen LogP contribution >= 0.6 is 11.6 Å². The fourth-order valence-electron chi connectivity index (χ4n) is 3.42. The average molecular weight is 426 g/mol. The maximum absolute atomic E-state index is 12.9. The number of nitrogens with zero attached hydrogens (tertiary/aromatic N) is 3. The Bertz CT molecular complexity index is 962. The maximum atomic E-state index is 12.9. The molecule has 0 saturated carbocycles. The van der Waals surface area contributed by atoms with Crippen molar-refractivity contribution in [3.8, 4) is 17.6 Å². The lowest BCUT2D eigenvalue weighted by atomic mass is 10.1. The molecule has 0 unspecified atom stereocenters. The molecule has 1 amide bonds. The number of anilines is 1. The number of nitriles is 1. The zero-order valence-electron chi connectivity index (χ0n) is 17.1. The molecule has 2 aromatic rings. The number of ether oxygens (including phenoxy) is 2. The molecule has 0 bridgehead atoms. The summed E-state index contributed by atoms with van der Waals surface area (Å²) in [5.41, 5.74) is 1.81. The summed E-state index contributed by atoms with van der Waals surface area (Å²) < 4.78 is 10.9. The van der Waals surface area contributed by atoms with E-state index in [1.165, 1.54) is 7.11 Å². The van der Waals surface area contributed by atoms with Crippen LogP contribution in [0.25, 0.3) is 6.08 Å². The molecule has 7 heteroatoms. The number of hydrogen-bond donors (Lipinski definition) is 0. The lowest BCUT2D eigenvalue weighted by Gasteiger charge is -2.36. The third-order valence-corrected chi connectivity index (χ3v) is 5.17. The summed E-state index contributed by atoms with van der Waals surface area (Å²) in [5.74, 6) is 0.618. The van der Waals surface area contributed by atoms with Crippen LogP contribution in [-0.4, -0.2) is 50.7 Å². The molecule has 1 aliphatic heterocycles. The topological polar surface area (TPSA) is 65.8 Å². The van der Waals surface area contributed by atoms with E-state index >= 15 is 0 Å². The van der Waals surface area contributed by atoms with Crippen LogP contribution in [0.3, 0.4) is 0 Å². The van der Waals surface area contributed by atoms with Crippen molar-refractivity contribution in [1.29, 1.82) is 5.26 Å². The maximum Gasteiger partial charge on any atom is 0.264 e. The number of benzene rings is 2. The second-order valence-electron chi connectivity index (χ2n) is 6.75. The molecule has 0 N–H and O–H groups in total. The molecule has 6 nitrogen and oxygen atoms in total. The SMILES string of the molecule is CCOc1cc(/C=C(/C#N)C(=O)N2CCN(c3ccccc3)CC2)cc(Cl)c1OC. The summed E-state index contributed by atoms with van der Waals surface area (Å²) in [6.45, 7) is 4.85. The fraction of sp³-hybridized carbons (Fsp3) is 0.304. The standard InChI is InChI=1S/C23H24ClN3O3/c1-3-30-21-15-17(14-20(24)22(21)29-2)13-18(16-25)23(28)27-11-9-26(10-12-27)19-7-5-4-6-8-19/h4-8,13-15H,3,9-12H2,1-2H3/b18-13-. The van der Waals surface area contributed by atoms with Gasteiger partial charge in [0.1, 0.15) is 11.6 Å². The van der Waals surface area contributed by atoms with Crippen molar-refractivity contribution in [3.63, 3.8) is 0 Å². The van der Waals surface area contributed by atoms with Gasteiger partial charge in [-0.25, -0.2) is 0 Å². The van der Waals surface area contributed by atoms with Gasteiger partial charge in [0.05, 0.1) is 18.7 Å². The van der Waals surface area contributed by atoms with Crippen LogP contribution in [0.15, 0.2) is 48.0 Å². The molecule has 0 spiro atoms. The normalized spacial score (nSPS) is 14.3. The first-order chi connectivity index (χ1) is 14.6. The van der Waals surface area contributed by atoms with Crippen molar-refractivity contribution in [1.82, 2.24) is 4.90 Å². The highest BCUT2D eigenvalue weighted by molar-refractivity contribution is 6.32. The predicted octanol–water partition coefficient (Wildman–Crippen LogP) is 4.00. The van der Waals surface area contributed by atoms with Gasteiger partial charge in [0, 0.05) is 31.9 Å². The minimum absolute atomic E-state index is 0.0619. The number of para-hydroxylation sites is 1. The lowest BCUT2D eigenvalue weighted by Crippen LogP contribution is -2.49. The predicted molar refractivity (Wildman–Crippen MR) is 118 cm³/mol. The van der Waals surface area contributed by atoms with E-state index in [-0.39, 0.29) is 11.5 Å². The van der Waals surface area contributed by atoms with Crippen molar-refractivity contribution in [2.24, 2.45) is 0 Å². The van der Waals surface area contributed by atoms with Crippen LogP contribution < -0.4 is 14.4 Å². The molecular weight excluding hydrogens is 402 g/mol. The minimum Gasteiger partial charge on any atom is -0.491 e. The summed E-state index contributed by atoms with van der Waals surface area (Å²) >= 11 is 6.28. The number of piperazine rings is 1. The largest absolute Gasteiger partial charge is 0.491 e. The molecule has 0 radical (unpaired) electrons. The number of methoxy groups -OCH3 is 1. The van der Waals surface area contributed by atoms with Gasteiger partial charge in [-0.2, -0.15) is 5.26 Å². The van der Waals surface area contributed by atoms with E-state index in [1.54, 1.807) is 23.1 Å². The minimum atomic E-state index is -0.282. The first kappa shape index (κ1) is 21.5. The number of halogens is 1. The smallest absolute Gasteiger partial charge is 0.264 e. The summed E-state index contributed by atoms with van der Waals surface area (Å²) in [7, 11) is 1.51. The summed E-state index contributed by atoms with van der Waals surface area (Å²) in [4.78, 5) is 16.9. The van der Waals surface area contributed by atoms with Gasteiger partial charge in [0.15, 0.2) is 11.5 Å². The van der Waals surface area contributed by atoms with E-state index in [1.807, 2.05) is 31.2 Å². The number of hydrogen-bond acceptors (Lipinski definition) is 5. The van der Waals surface area contributed by atoms with E-state index in [0.29, 0.717) is 41.8 Å². The quantitative estimate of drug-likeness (QED) is 0.517. The van der Waals surface area contributed by atoms with Crippen molar-refractivity contribution in [3.05, 3.63) is 58.6 Å². The van der Waals surface area contributed by atoms with Gasteiger partial charge in [-0.1, -0.05) is 29.8 Å². The van der Waals surface area contributed by atoms with Gasteiger partial charge < -0.3 is 19.3 Å². The number of amides is 1.